The minimum Gasteiger partial charge on any atom is -0.381 e. The smallest absolute Gasteiger partial charge is 0.243 e. The molecule has 1 spiro atoms. The van der Waals surface area contributed by atoms with Gasteiger partial charge < -0.3 is 20.3 Å². The molecule has 0 bridgehead atoms. The molecule has 3 heterocycles. The highest BCUT2D eigenvalue weighted by Crippen LogP contribution is 2.36. The van der Waals surface area contributed by atoms with Crippen molar-refractivity contribution in [2.75, 3.05) is 45.9 Å². The number of amides is 3. The molecule has 8 nitrogen and oxygen atoms in total. The Morgan fingerprint density at radius 1 is 1.08 bits per heavy atom. The number of rotatable bonds is 6. The van der Waals surface area contributed by atoms with Crippen LogP contribution in [0.25, 0.3) is 0 Å². The van der Waals surface area contributed by atoms with Gasteiger partial charge in [-0.15, -0.1) is 0 Å². The topological polar surface area (TPSA) is 91.0 Å². The number of likely N-dealkylation sites (N-methyl/N-ethyl adjacent to an activating group) is 1. The van der Waals surface area contributed by atoms with Gasteiger partial charge in [0.15, 0.2) is 0 Å². The molecule has 2 saturated heterocycles. The number of nitrogens with one attached hydrogen (secondary N) is 2. The predicted molar refractivity (Wildman–Crippen MR) is 147 cm³/mol. The second kappa shape index (κ2) is 13.4. The van der Waals surface area contributed by atoms with E-state index in [-0.39, 0.29) is 29.7 Å². The maximum atomic E-state index is 13.7. The highest BCUT2D eigenvalue weighted by atomic mass is 16.5. The van der Waals surface area contributed by atoms with Crippen molar-refractivity contribution < 1.29 is 19.1 Å². The molecule has 1 aromatic rings. The summed E-state index contributed by atoms with van der Waals surface area (Å²) in [6.45, 7) is 8.50. The summed E-state index contributed by atoms with van der Waals surface area (Å²) >= 11 is 0. The standard InChI is InChI=1S/C30H44N4O4/c1-3-34(4-2)27(35)22-33-17-13-25-24(21-33)12-8-9-14-30(15-18-38-19-16-30)29(37)32-26(28(36)31-25)20-23-10-6-5-7-11-23/h5-11,24-26H,3-4,12-22H2,1-2H3,(H,31,36)(H,32,37)/b9-8+/t24-,25+,26+/m1/s1. The van der Waals surface area contributed by atoms with Gasteiger partial charge in [0.25, 0.3) is 0 Å². The quantitative estimate of drug-likeness (QED) is 0.558. The molecule has 0 radical (unpaired) electrons. The average Bonchev–Trinajstić information content (AvgIpc) is 2.93. The predicted octanol–water partition coefficient (Wildman–Crippen LogP) is 2.54. The van der Waals surface area contributed by atoms with E-state index in [1.54, 1.807) is 0 Å². The molecule has 2 fully saturated rings. The third-order valence-electron chi connectivity index (χ3n) is 8.57. The zero-order valence-corrected chi connectivity index (χ0v) is 23.0. The number of allylic oxidation sites excluding steroid dienone is 2. The van der Waals surface area contributed by atoms with E-state index in [4.69, 9.17) is 4.74 Å². The maximum Gasteiger partial charge on any atom is 0.243 e. The minimum atomic E-state index is -0.643. The highest BCUT2D eigenvalue weighted by molar-refractivity contribution is 5.90. The van der Waals surface area contributed by atoms with E-state index in [9.17, 15) is 14.4 Å². The Morgan fingerprint density at radius 2 is 1.82 bits per heavy atom. The van der Waals surface area contributed by atoms with E-state index in [1.807, 2.05) is 49.1 Å². The van der Waals surface area contributed by atoms with Crippen molar-refractivity contribution in [3.8, 4) is 0 Å². The normalized spacial score (nSPS) is 27.3. The molecule has 3 aliphatic heterocycles. The van der Waals surface area contributed by atoms with Gasteiger partial charge in [-0.05, 0) is 57.4 Å². The number of likely N-dealkylation sites (tertiary alicyclic amines) is 1. The van der Waals surface area contributed by atoms with Gasteiger partial charge in [-0.3, -0.25) is 19.3 Å². The lowest BCUT2D eigenvalue weighted by molar-refractivity contribution is -0.140. The number of piperidine rings is 1. The monoisotopic (exact) mass is 524 g/mol. The van der Waals surface area contributed by atoms with Crippen molar-refractivity contribution in [3.05, 3.63) is 48.0 Å². The molecule has 1 aromatic carbocycles. The minimum absolute atomic E-state index is 0.00130. The van der Waals surface area contributed by atoms with Crippen molar-refractivity contribution in [2.24, 2.45) is 11.3 Å². The Labute approximate surface area is 227 Å². The van der Waals surface area contributed by atoms with Crippen LogP contribution in [0.2, 0.25) is 0 Å². The fourth-order valence-electron chi connectivity index (χ4n) is 6.07. The van der Waals surface area contributed by atoms with Gasteiger partial charge in [0.1, 0.15) is 6.04 Å². The van der Waals surface area contributed by atoms with Gasteiger partial charge in [0.05, 0.1) is 12.0 Å². The molecule has 3 atom stereocenters. The lowest BCUT2D eigenvalue weighted by Crippen LogP contribution is -2.58. The zero-order chi connectivity index (χ0) is 27.0. The molecule has 2 N–H and O–H groups in total. The van der Waals surface area contributed by atoms with Crippen molar-refractivity contribution in [1.29, 1.82) is 0 Å². The Morgan fingerprint density at radius 3 is 2.53 bits per heavy atom. The molecular weight excluding hydrogens is 480 g/mol. The lowest BCUT2D eigenvalue weighted by atomic mass is 9.75. The van der Waals surface area contributed by atoms with Gasteiger partial charge in [0, 0.05) is 51.9 Å². The van der Waals surface area contributed by atoms with Crippen LogP contribution >= 0.6 is 0 Å². The number of nitrogens with zero attached hydrogens (tertiary/aromatic N) is 2. The first-order valence-electron chi connectivity index (χ1n) is 14.3. The summed E-state index contributed by atoms with van der Waals surface area (Å²) in [5.41, 5.74) is 0.458. The number of ether oxygens (including phenoxy) is 1. The van der Waals surface area contributed by atoms with Crippen LogP contribution in [0.4, 0.5) is 0 Å². The first-order valence-corrected chi connectivity index (χ1v) is 14.3. The van der Waals surface area contributed by atoms with E-state index in [0.29, 0.717) is 45.4 Å². The maximum absolute atomic E-state index is 13.7. The molecule has 0 saturated carbocycles. The molecule has 38 heavy (non-hydrogen) atoms. The Kier molecular flexibility index (Phi) is 9.97. The molecule has 0 aromatic heterocycles. The Bertz CT molecular complexity index is 972. The summed E-state index contributed by atoms with van der Waals surface area (Å²) in [6, 6.07) is 9.22. The van der Waals surface area contributed by atoms with Crippen LogP contribution in [0.15, 0.2) is 42.5 Å². The third-order valence-corrected chi connectivity index (χ3v) is 8.57. The number of hydrogen-bond acceptors (Lipinski definition) is 5. The molecule has 0 aliphatic carbocycles. The van der Waals surface area contributed by atoms with Gasteiger partial charge in [0.2, 0.25) is 17.7 Å². The van der Waals surface area contributed by atoms with Crippen LogP contribution in [0.1, 0.15) is 51.5 Å². The fourth-order valence-corrected chi connectivity index (χ4v) is 6.07. The molecular formula is C30H44N4O4. The Balaban J connectivity index is 1.54. The van der Waals surface area contributed by atoms with Crippen molar-refractivity contribution in [1.82, 2.24) is 20.4 Å². The van der Waals surface area contributed by atoms with Gasteiger partial charge >= 0.3 is 0 Å². The van der Waals surface area contributed by atoms with Crippen LogP contribution in [0.5, 0.6) is 0 Å². The van der Waals surface area contributed by atoms with E-state index >= 15 is 0 Å². The van der Waals surface area contributed by atoms with Crippen LogP contribution in [-0.2, 0) is 25.5 Å². The summed E-state index contributed by atoms with van der Waals surface area (Å²) in [7, 11) is 0. The van der Waals surface area contributed by atoms with Gasteiger partial charge in [-0.1, -0.05) is 42.5 Å². The largest absolute Gasteiger partial charge is 0.381 e. The molecule has 4 rings (SSSR count). The summed E-state index contributed by atoms with van der Waals surface area (Å²) in [6.07, 6.45) is 8.30. The SMILES string of the molecule is CCN(CC)C(=O)CN1CC[C@@H]2NC(=O)[C@H](Cc3ccccc3)NC(=O)C3(C/C=C/C[C@@H]2C1)CCOCC3. The molecule has 208 valence electrons. The Hall–Kier alpha value is -2.71. The van der Waals surface area contributed by atoms with E-state index in [2.05, 4.69) is 27.7 Å². The first-order chi connectivity index (χ1) is 18.4. The first kappa shape index (κ1) is 28.3. The highest BCUT2D eigenvalue weighted by Gasteiger charge is 2.41. The number of fused-ring (bicyclic) bond motifs is 1. The van der Waals surface area contributed by atoms with Gasteiger partial charge in [-0.25, -0.2) is 0 Å². The third kappa shape index (κ3) is 7.03. The van der Waals surface area contributed by atoms with Crippen molar-refractivity contribution in [2.45, 2.75) is 64.5 Å². The fraction of sp³-hybridized carbons (Fsp3) is 0.633. The van der Waals surface area contributed by atoms with Crippen LogP contribution in [0.3, 0.4) is 0 Å². The number of carbonyl (C=O) groups is 3. The van der Waals surface area contributed by atoms with Crippen molar-refractivity contribution >= 4 is 17.7 Å². The van der Waals surface area contributed by atoms with E-state index in [0.717, 1.165) is 44.6 Å². The summed E-state index contributed by atoms with van der Waals surface area (Å²) in [5, 5.41) is 6.45. The number of benzene rings is 1. The van der Waals surface area contributed by atoms with Crippen LogP contribution < -0.4 is 10.6 Å². The van der Waals surface area contributed by atoms with E-state index in [1.165, 1.54) is 0 Å². The van der Waals surface area contributed by atoms with E-state index < -0.39 is 11.5 Å². The number of carbonyl (C=O) groups excluding carboxylic acids is 3. The lowest BCUT2D eigenvalue weighted by Gasteiger charge is -2.40. The zero-order valence-electron chi connectivity index (χ0n) is 23.0. The number of hydrogen-bond donors (Lipinski definition) is 2. The van der Waals surface area contributed by atoms with Crippen LogP contribution in [0, 0.1) is 11.3 Å². The van der Waals surface area contributed by atoms with Crippen LogP contribution in [-0.4, -0.2) is 85.5 Å². The molecule has 3 aliphatic rings. The van der Waals surface area contributed by atoms with Crippen molar-refractivity contribution in [3.63, 3.8) is 0 Å². The molecule has 0 unspecified atom stereocenters. The summed E-state index contributed by atoms with van der Waals surface area (Å²) in [5.74, 6) is 0.180. The molecule has 3 amide bonds. The molecule has 8 heteroatoms. The summed E-state index contributed by atoms with van der Waals surface area (Å²) in [4.78, 5) is 44.2. The second-order valence-electron chi connectivity index (χ2n) is 11.0. The summed E-state index contributed by atoms with van der Waals surface area (Å²) < 4.78 is 5.59. The van der Waals surface area contributed by atoms with Gasteiger partial charge in [-0.2, -0.15) is 0 Å². The average molecular weight is 525 g/mol. The second-order valence-corrected chi connectivity index (χ2v) is 11.0.